The summed E-state index contributed by atoms with van der Waals surface area (Å²) in [7, 11) is 0. The van der Waals surface area contributed by atoms with Gasteiger partial charge in [0, 0.05) is 22.2 Å². The topological polar surface area (TPSA) is 12.0 Å². The zero-order valence-corrected chi connectivity index (χ0v) is 12.5. The third-order valence-corrected chi connectivity index (χ3v) is 4.21. The smallest absolute Gasteiger partial charge is 0.380 e. The number of benzene rings is 2. The van der Waals surface area contributed by atoms with Gasteiger partial charge in [-0.15, -0.1) is 11.8 Å². The van der Waals surface area contributed by atoms with Crippen molar-refractivity contribution < 1.29 is 13.2 Å². The van der Waals surface area contributed by atoms with Gasteiger partial charge in [-0.05, 0) is 23.8 Å². The lowest BCUT2D eigenvalue weighted by atomic mass is 10.2. The van der Waals surface area contributed by atoms with Crippen molar-refractivity contribution in [2.24, 2.45) is 0 Å². The third-order valence-electron chi connectivity index (χ3n) is 2.71. The Balaban J connectivity index is 2.05. The van der Waals surface area contributed by atoms with E-state index >= 15 is 0 Å². The highest BCUT2D eigenvalue weighted by Gasteiger charge is 2.27. The Hall–Kier alpha value is -1.33. The van der Waals surface area contributed by atoms with Gasteiger partial charge in [-0.1, -0.05) is 41.9 Å². The Labute approximate surface area is 130 Å². The van der Waals surface area contributed by atoms with Crippen LogP contribution in [0.5, 0.6) is 0 Å². The number of anilines is 1. The van der Waals surface area contributed by atoms with Crippen LogP contribution in [0.4, 0.5) is 18.9 Å². The molecule has 0 amide bonds. The molecule has 0 saturated carbocycles. The molecule has 0 atom stereocenters. The fraction of sp³-hybridized carbons (Fsp3) is 0.200. The normalized spacial score (nSPS) is 11.4. The van der Waals surface area contributed by atoms with Crippen molar-refractivity contribution in [3.05, 3.63) is 59.1 Å². The first-order valence-electron chi connectivity index (χ1n) is 6.21. The number of alkyl halides is 3. The highest BCUT2D eigenvalue weighted by Crippen LogP contribution is 2.32. The number of nitrogens with one attached hydrogen (secondary N) is 1. The largest absolute Gasteiger partial charge is 0.398 e. The molecular weight excluding hydrogens is 319 g/mol. The van der Waals surface area contributed by atoms with E-state index in [1.165, 1.54) is 0 Å². The lowest BCUT2D eigenvalue weighted by Gasteiger charge is -2.13. The van der Waals surface area contributed by atoms with Crippen LogP contribution in [0.1, 0.15) is 5.56 Å². The summed E-state index contributed by atoms with van der Waals surface area (Å²) in [4.78, 5) is 0.571. The first-order chi connectivity index (χ1) is 9.96. The number of hydrogen-bond acceptors (Lipinski definition) is 2. The number of thioether (sulfide) groups is 1. The molecule has 2 rings (SSSR count). The molecule has 2 aromatic carbocycles. The van der Waals surface area contributed by atoms with Crippen molar-refractivity contribution in [3.63, 3.8) is 0 Å². The molecule has 1 nitrogen and oxygen atoms in total. The third kappa shape index (κ3) is 5.17. The standard InChI is InChI=1S/C15H13ClF3NS/c16-12-6-2-1-5-11(12)9-20-13-7-3-4-8-14(13)21-10-15(17,18)19/h1-8,20H,9-10H2. The lowest BCUT2D eigenvalue weighted by molar-refractivity contribution is -0.105. The van der Waals surface area contributed by atoms with Crippen LogP contribution in [0, 0.1) is 0 Å². The summed E-state index contributed by atoms with van der Waals surface area (Å²) in [6, 6.07) is 14.3. The fourth-order valence-corrected chi connectivity index (χ4v) is 2.72. The summed E-state index contributed by atoms with van der Waals surface area (Å²) in [6.07, 6.45) is -4.18. The van der Waals surface area contributed by atoms with Gasteiger partial charge in [0.1, 0.15) is 0 Å². The minimum atomic E-state index is -4.18. The Morgan fingerprint density at radius 1 is 1.00 bits per heavy atom. The van der Waals surface area contributed by atoms with Crippen molar-refractivity contribution in [1.82, 2.24) is 0 Å². The number of rotatable bonds is 5. The Kier molecular flexibility index (Phi) is 5.42. The van der Waals surface area contributed by atoms with Crippen molar-refractivity contribution in [3.8, 4) is 0 Å². The summed E-state index contributed by atoms with van der Waals surface area (Å²) < 4.78 is 37.0. The lowest BCUT2D eigenvalue weighted by Crippen LogP contribution is -2.11. The molecule has 21 heavy (non-hydrogen) atoms. The predicted molar refractivity (Wildman–Crippen MR) is 82.0 cm³/mol. The molecule has 6 heteroatoms. The Morgan fingerprint density at radius 3 is 2.38 bits per heavy atom. The molecule has 0 bridgehead atoms. The average Bonchev–Trinajstić information content (AvgIpc) is 2.44. The van der Waals surface area contributed by atoms with E-state index in [2.05, 4.69) is 5.32 Å². The highest BCUT2D eigenvalue weighted by molar-refractivity contribution is 7.99. The van der Waals surface area contributed by atoms with E-state index in [0.29, 0.717) is 22.2 Å². The maximum absolute atomic E-state index is 12.3. The molecule has 0 fully saturated rings. The van der Waals surface area contributed by atoms with E-state index < -0.39 is 11.9 Å². The van der Waals surface area contributed by atoms with Gasteiger partial charge >= 0.3 is 6.18 Å². The van der Waals surface area contributed by atoms with E-state index in [1.54, 1.807) is 30.3 Å². The zero-order valence-electron chi connectivity index (χ0n) is 11.0. The van der Waals surface area contributed by atoms with E-state index in [4.69, 9.17) is 11.6 Å². The second kappa shape index (κ2) is 7.09. The van der Waals surface area contributed by atoms with E-state index in [9.17, 15) is 13.2 Å². The number of hydrogen-bond donors (Lipinski definition) is 1. The molecule has 0 unspecified atom stereocenters. The summed E-state index contributed by atoms with van der Waals surface area (Å²) in [6.45, 7) is 0.462. The van der Waals surface area contributed by atoms with Crippen molar-refractivity contribution in [2.45, 2.75) is 17.6 Å². The molecule has 0 aliphatic rings. The Bertz CT molecular complexity index is 601. The van der Waals surface area contributed by atoms with Crippen molar-refractivity contribution in [1.29, 1.82) is 0 Å². The quantitative estimate of drug-likeness (QED) is 0.715. The van der Waals surface area contributed by atoms with Crippen LogP contribution in [0.15, 0.2) is 53.4 Å². The van der Waals surface area contributed by atoms with Crippen LogP contribution >= 0.6 is 23.4 Å². The second-order valence-electron chi connectivity index (χ2n) is 4.34. The van der Waals surface area contributed by atoms with Crippen molar-refractivity contribution >= 4 is 29.1 Å². The minimum absolute atomic E-state index is 0.462. The molecule has 112 valence electrons. The van der Waals surface area contributed by atoms with Crippen molar-refractivity contribution in [2.75, 3.05) is 11.1 Å². The molecule has 0 radical (unpaired) electrons. The molecule has 0 aromatic heterocycles. The van der Waals surface area contributed by atoms with Gasteiger partial charge in [0.25, 0.3) is 0 Å². The molecule has 0 aliphatic carbocycles. The maximum Gasteiger partial charge on any atom is 0.398 e. The summed E-state index contributed by atoms with van der Waals surface area (Å²) in [5, 5.41) is 3.76. The monoisotopic (exact) mass is 331 g/mol. The zero-order chi connectivity index (χ0) is 15.3. The summed E-state index contributed by atoms with van der Waals surface area (Å²) >= 11 is 6.83. The van der Waals surface area contributed by atoms with Crippen LogP contribution < -0.4 is 5.32 Å². The predicted octanol–water partition coefficient (Wildman–Crippen LogP) is 5.61. The SMILES string of the molecule is FC(F)(F)CSc1ccccc1NCc1ccccc1Cl. The van der Waals surface area contributed by atoms with E-state index in [1.807, 2.05) is 18.2 Å². The van der Waals surface area contributed by atoms with Gasteiger partial charge in [-0.3, -0.25) is 0 Å². The molecule has 0 heterocycles. The highest BCUT2D eigenvalue weighted by atomic mass is 35.5. The van der Waals surface area contributed by atoms with Gasteiger partial charge in [-0.2, -0.15) is 13.2 Å². The molecule has 0 spiro atoms. The fourth-order valence-electron chi connectivity index (χ4n) is 1.73. The van der Waals surface area contributed by atoms with Crippen LogP contribution in [0.3, 0.4) is 0 Å². The summed E-state index contributed by atoms with van der Waals surface area (Å²) in [5.41, 5.74) is 1.57. The summed E-state index contributed by atoms with van der Waals surface area (Å²) in [5.74, 6) is -0.905. The maximum atomic E-state index is 12.3. The number of para-hydroxylation sites is 1. The van der Waals surface area contributed by atoms with Gasteiger partial charge in [0.15, 0.2) is 0 Å². The van der Waals surface area contributed by atoms with Gasteiger partial charge in [-0.25, -0.2) is 0 Å². The van der Waals surface area contributed by atoms with Gasteiger partial charge < -0.3 is 5.32 Å². The average molecular weight is 332 g/mol. The van der Waals surface area contributed by atoms with Gasteiger partial charge in [0.05, 0.1) is 5.75 Å². The van der Waals surface area contributed by atoms with Crippen LogP contribution in [0.25, 0.3) is 0 Å². The molecule has 0 saturated heterocycles. The first kappa shape index (κ1) is 16.0. The molecule has 0 aliphatic heterocycles. The second-order valence-corrected chi connectivity index (χ2v) is 5.77. The van der Waals surface area contributed by atoms with Crippen LogP contribution in [-0.2, 0) is 6.54 Å². The van der Waals surface area contributed by atoms with Crippen LogP contribution in [-0.4, -0.2) is 11.9 Å². The Morgan fingerprint density at radius 2 is 1.67 bits per heavy atom. The van der Waals surface area contributed by atoms with Gasteiger partial charge in [0.2, 0.25) is 0 Å². The van der Waals surface area contributed by atoms with E-state index in [-0.39, 0.29) is 0 Å². The minimum Gasteiger partial charge on any atom is -0.380 e. The first-order valence-corrected chi connectivity index (χ1v) is 7.58. The number of halogens is 4. The molecule has 2 aromatic rings. The van der Waals surface area contributed by atoms with E-state index in [0.717, 1.165) is 17.3 Å². The molecule has 1 N–H and O–H groups in total. The van der Waals surface area contributed by atoms with Crippen LogP contribution in [0.2, 0.25) is 5.02 Å². The molecular formula is C15H13ClF3NS.